The Kier molecular flexibility index (Phi) is 5.97. The van der Waals surface area contributed by atoms with Gasteiger partial charge in [-0.3, -0.25) is 0 Å². The summed E-state index contributed by atoms with van der Waals surface area (Å²) in [5, 5.41) is 1.09. The first-order valence-corrected chi connectivity index (χ1v) is 9.20. The fourth-order valence-electron chi connectivity index (χ4n) is 2.29. The zero-order chi connectivity index (χ0) is 17.0. The van der Waals surface area contributed by atoms with E-state index in [1.165, 1.54) is 11.8 Å². The lowest BCUT2D eigenvalue weighted by atomic mass is 10.2. The quantitative estimate of drug-likeness (QED) is 0.459. The molecule has 0 aromatic carbocycles. The molecule has 23 heavy (non-hydrogen) atoms. The van der Waals surface area contributed by atoms with E-state index in [9.17, 15) is 4.79 Å². The maximum Gasteiger partial charge on any atom is 0.410 e. The van der Waals surface area contributed by atoms with Gasteiger partial charge in [0.25, 0.3) is 0 Å². The highest BCUT2D eigenvalue weighted by atomic mass is 35.5. The molecule has 1 aliphatic heterocycles. The van der Waals surface area contributed by atoms with Crippen molar-refractivity contribution in [3.8, 4) is 0 Å². The number of amides is 1. The summed E-state index contributed by atoms with van der Waals surface area (Å²) in [6, 6.07) is 1.77. The predicted molar refractivity (Wildman–Crippen MR) is 93.5 cm³/mol. The summed E-state index contributed by atoms with van der Waals surface area (Å²) in [7, 11) is 0. The van der Waals surface area contributed by atoms with Gasteiger partial charge in [-0.15, -0.1) is 0 Å². The molecule has 2 heterocycles. The lowest BCUT2D eigenvalue weighted by molar-refractivity contribution is 0.0263. The van der Waals surface area contributed by atoms with Gasteiger partial charge in [-0.1, -0.05) is 23.4 Å². The second-order valence-corrected chi connectivity index (χ2v) is 7.50. The van der Waals surface area contributed by atoms with Gasteiger partial charge in [0.2, 0.25) is 0 Å². The van der Waals surface area contributed by atoms with Crippen LogP contribution in [0, 0.1) is 0 Å². The number of nitrogens with zero attached hydrogens (tertiary/aromatic N) is 4. The summed E-state index contributed by atoms with van der Waals surface area (Å²) in [5.41, 5.74) is -0.476. The number of anilines is 1. The Morgan fingerprint density at radius 3 is 2.65 bits per heavy atom. The summed E-state index contributed by atoms with van der Waals surface area (Å²) in [6.07, 6.45) is 2.52. The Balaban J connectivity index is 2.04. The molecule has 8 heteroatoms. The van der Waals surface area contributed by atoms with E-state index in [2.05, 4.69) is 14.9 Å². The van der Waals surface area contributed by atoms with Crippen molar-refractivity contribution >= 4 is 35.3 Å². The Morgan fingerprint density at radius 1 is 1.26 bits per heavy atom. The van der Waals surface area contributed by atoms with Crippen molar-refractivity contribution in [2.24, 2.45) is 0 Å². The van der Waals surface area contributed by atoms with Gasteiger partial charge < -0.3 is 14.5 Å². The molecule has 1 aromatic heterocycles. The van der Waals surface area contributed by atoms with E-state index in [4.69, 9.17) is 16.3 Å². The molecule has 0 aliphatic carbocycles. The van der Waals surface area contributed by atoms with E-state index >= 15 is 0 Å². The number of thioether (sulfide) groups is 1. The number of carbonyl (C=O) groups excluding carboxylic acids is 1. The zero-order valence-electron chi connectivity index (χ0n) is 14.0. The molecule has 128 valence electrons. The van der Waals surface area contributed by atoms with Crippen LogP contribution >= 0.6 is 23.4 Å². The van der Waals surface area contributed by atoms with Crippen LogP contribution in [0.15, 0.2) is 11.2 Å². The van der Waals surface area contributed by atoms with Crippen LogP contribution in [0.25, 0.3) is 0 Å². The molecule has 0 saturated carbocycles. The van der Waals surface area contributed by atoms with E-state index in [-0.39, 0.29) is 6.09 Å². The van der Waals surface area contributed by atoms with Gasteiger partial charge in [-0.25, -0.2) is 14.8 Å². The lowest BCUT2D eigenvalue weighted by Gasteiger charge is -2.26. The average Bonchev–Trinajstić information content (AvgIpc) is 2.70. The molecule has 6 nitrogen and oxygen atoms in total. The first-order valence-electron chi connectivity index (χ1n) is 7.60. The van der Waals surface area contributed by atoms with Crippen molar-refractivity contribution in [2.75, 3.05) is 37.3 Å². The molecular weight excluding hydrogens is 336 g/mol. The number of carbonyl (C=O) groups is 1. The summed E-state index contributed by atoms with van der Waals surface area (Å²) in [5.74, 6) is 0.806. The van der Waals surface area contributed by atoms with Crippen molar-refractivity contribution < 1.29 is 9.53 Å². The highest BCUT2D eigenvalue weighted by Crippen LogP contribution is 2.22. The molecular formula is C15H23ClN4O2S. The Labute approximate surface area is 146 Å². The highest BCUT2D eigenvalue weighted by Gasteiger charge is 2.25. The number of halogens is 1. The zero-order valence-corrected chi connectivity index (χ0v) is 15.6. The van der Waals surface area contributed by atoms with Crippen LogP contribution in [-0.2, 0) is 4.74 Å². The van der Waals surface area contributed by atoms with E-state index < -0.39 is 5.60 Å². The highest BCUT2D eigenvalue weighted by molar-refractivity contribution is 7.98. The molecule has 0 atom stereocenters. The van der Waals surface area contributed by atoms with Crippen LogP contribution in [0.5, 0.6) is 0 Å². The Morgan fingerprint density at radius 2 is 2.00 bits per heavy atom. The second kappa shape index (κ2) is 7.57. The van der Waals surface area contributed by atoms with Crippen molar-refractivity contribution in [1.29, 1.82) is 0 Å². The van der Waals surface area contributed by atoms with Crippen molar-refractivity contribution in [2.45, 2.75) is 37.9 Å². The van der Waals surface area contributed by atoms with Crippen LogP contribution in [-0.4, -0.2) is 59.0 Å². The van der Waals surface area contributed by atoms with E-state index in [0.29, 0.717) is 29.9 Å². The summed E-state index contributed by atoms with van der Waals surface area (Å²) in [6.45, 7) is 8.43. The normalized spacial score (nSPS) is 16.2. The second-order valence-electron chi connectivity index (χ2n) is 6.34. The van der Waals surface area contributed by atoms with Crippen LogP contribution < -0.4 is 4.90 Å². The summed E-state index contributed by atoms with van der Waals surface area (Å²) in [4.78, 5) is 24.8. The number of rotatable bonds is 2. The van der Waals surface area contributed by atoms with Gasteiger partial charge in [0.05, 0.1) is 0 Å². The van der Waals surface area contributed by atoms with Gasteiger partial charge in [0, 0.05) is 32.2 Å². The molecule has 2 rings (SSSR count). The molecule has 1 amide bonds. The van der Waals surface area contributed by atoms with Gasteiger partial charge in [0.1, 0.15) is 16.6 Å². The smallest absolute Gasteiger partial charge is 0.410 e. The van der Waals surface area contributed by atoms with Gasteiger partial charge >= 0.3 is 6.09 Å². The molecule has 0 radical (unpaired) electrons. The minimum Gasteiger partial charge on any atom is -0.444 e. The molecule has 0 N–H and O–H groups in total. The fourth-order valence-corrected chi connectivity index (χ4v) is 2.90. The molecule has 1 saturated heterocycles. The largest absolute Gasteiger partial charge is 0.444 e. The topological polar surface area (TPSA) is 58.6 Å². The van der Waals surface area contributed by atoms with E-state index in [1.54, 1.807) is 11.0 Å². The molecule has 0 unspecified atom stereocenters. The average molecular weight is 359 g/mol. The standard InChI is InChI=1S/C15H23ClN4O2S/c1-15(2,3)22-14(21)20-7-5-6-19(8-9-20)12-10-11(16)17-13(18-12)23-4/h10H,5-9H2,1-4H3. The van der Waals surface area contributed by atoms with Gasteiger partial charge in [-0.2, -0.15) is 0 Å². The number of hydrogen-bond donors (Lipinski definition) is 0. The Bertz CT molecular complexity index is 565. The van der Waals surface area contributed by atoms with Crippen LogP contribution in [0.4, 0.5) is 10.6 Å². The SMILES string of the molecule is CSc1nc(Cl)cc(N2CCCN(C(=O)OC(C)(C)C)CC2)n1. The maximum absolute atomic E-state index is 12.2. The number of aromatic nitrogens is 2. The third-order valence-electron chi connectivity index (χ3n) is 3.32. The van der Waals surface area contributed by atoms with Crippen molar-refractivity contribution in [3.05, 3.63) is 11.2 Å². The fraction of sp³-hybridized carbons (Fsp3) is 0.667. The lowest BCUT2D eigenvalue weighted by Crippen LogP contribution is -2.39. The van der Waals surface area contributed by atoms with Crippen LogP contribution in [0.3, 0.4) is 0 Å². The van der Waals surface area contributed by atoms with Crippen LogP contribution in [0.2, 0.25) is 5.15 Å². The van der Waals surface area contributed by atoms with Crippen LogP contribution in [0.1, 0.15) is 27.2 Å². The minimum absolute atomic E-state index is 0.259. The molecule has 0 bridgehead atoms. The number of ether oxygens (including phenoxy) is 1. The third kappa shape index (κ3) is 5.42. The Hall–Kier alpha value is -1.21. The monoisotopic (exact) mass is 358 g/mol. The molecule has 0 spiro atoms. The third-order valence-corrected chi connectivity index (χ3v) is 4.06. The van der Waals surface area contributed by atoms with Crippen molar-refractivity contribution in [1.82, 2.24) is 14.9 Å². The summed E-state index contributed by atoms with van der Waals surface area (Å²) >= 11 is 7.53. The van der Waals surface area contributed by atoms with Crippen molar-refractivity contribution in [3.63, 3.8) is 0 Å². The summed E-state index contributed by atoms with van der Waals surface area (Å²) < 4.78 is 5.45. The van der Waals surface area contributed by atoms with E-state index in [1.807, 2.05) is 27.0 Å². The molecule has 1 aromatic rings. The van der Waals surface area contributed by atoms with Gasteiger partial charge in [-0.05, 0) is 33.4 Å². The molecule has 1 aliphatic rings. The first-order chi connectivity index (χ1) is 10.8. The first kappa shape index (κ1) is 18.1. The van der Waals surface area contributed by atoms with E-state index in [0.717, 1.165) is 18.8 Å². The molecule has 1 fully saturated rings. The van der Waals surface area contributed by atoms with Gasteiger partial charge in [0.15, 0.2) is 5.16 Å². The maximum atomic E-state index is 12.2. The minimum atomic E-state index is -0.476. The number of hydrogen-bond acceptors (Lipinski definition) is 6. The predicted octanol–water partition coefficient (Wildman–Crippen LogP) is 3.30.